The van der Waals surface area contributed by atoms with E-state index in [4.69, 9.17) is 22.8 Å². The van der Waals surface area contributed by atoms with Crippen molar-refractivity contribution in [2.45, 2.75) is 6.54 Å². The Morgan fingerprint density at radius 3 is 2.76 bits per heavy atom. The average molecular weight is 391 g/mol. The van der Waals surface area contributed by atoms with Gasteiger partial charge in [-0.05, 0) is 30.3 Å². The van der Waals surface area contributed by atoms with Crippen LogP contribution in [0.3, 0.4) is 0 Å². The van der Waals surface area contributed by atoms with Gasteiger partial charge in [0.1, 0.15) is 0 Å². The van der Waals surface area contributed by atoms with Gasteiger partial charge in [-0.1, -0.05) is 28.9 Å². The first-order valence-corrected chi connectivity index (χ1v) is 9.04. The first-order valence-electron chi connectivity index (χ1n) is 7.03. The van der Waals surface area contributed by atoms with Crippen molar-refractivity contribution in [2.75, 3.05) is 7.11 Å². The van der Waals surface area contributed by atoms with Gasteiger partial charge >= 0.3 is 5.97 Å². The van der Waals surface area contributed by atoms with Gasteiger partial charge in [0, 0.05) is 0 Å². The van der Waals surface area contributed by atoms with E-state index in [1.807, 2.05) is 0 Å². The molecule has 25 heavy (non-hydrogen) atoms. The summed E-state index contributed by atoms with van der Waals surface area (Å²) in [4.78, 5) is 29.1. The number of hydrogen-bond acceptors (Lipinski definition) is 5. The maximum absolute atomic E-state index is 12.3. The van der Waals surface area contributed by atoms with Crippen LogP contribution in [0.15, 0.2) is 35.3 Å². The van der Waals surface area contributed by atoms with Crippen molar-refractivity contribution in [3.63, 3.8) is 0 Å². The van der Waals surface area contributed by atoms with Gasteiger partial charge in [0.05, 0.1) is 38.6 Å². The molecule has 0 N–H and O–H groups in total. The number of ether oxygens (including phenoxy) is 1. The fourth-order valence-electron chi connectivity index (χ4n) is 2.22. The lowest BCUT2D eigenvalue weighted by molar-refractivity contribution is 0.0601. The van der Waals surface area contributed by atoms with Crippen molar-refractivity contribution in [1.29, 1.82) is 0 Å². The molecule has 0 radical (unpaired) electrons. The molecule has 0 fully saturated rings. The van der Waals surface area contributed by atoms with Crippen LogP contribution < -0.4 is 4.80 Å². The van der Waals surface area contributed by atoms with Crippen molar-refractivity contribution in [1.82, 2.24) is 4.57 Å². The number of benzene rings is 1. The summed E-state index contributed by atoms with van der Waals surface area (Å²) in [6.45, 7) is 0.259. The minimum absolute atomic E-state index is 0.259. The molecule has 3 rings (SSSR count). The first-order chi connectivity index (χ1) is 12.0. The van der Waals surface area contributed by atoms with Crippen molar-refractivity contribution in [3.05, 3.63) is 49.9 Å². The van der Waals surface area contributed by atoms with E-state index in [0.29, 0.717) is 19.6 Å². The molecule has 1 amide bonds. The maximum Gasteiger partial charge on any atom is 0.337 e. The van der Waals surface area contributed by atoms with Crippen LogP contribution in [0.5, 0.6) is 0 Å². The number of carbonyl (C=O) groups is 2. The SMILES string of the molecule is C#CCn1c(=NC(=O)c2ccc(Cl)s2)sc2cc(C(=O)OC)ccc21. The molecule has 8 heteroatoms. The summed E-state index contributed by atoms with van der Waals surface area (Å²) in [7, 11) is 1.32. The van der Waals surface area contributed by atoms with Crippen LogP contribution in [0, 0.1) is 12.3 Å². The number of terminal acetylenes is 1. The highest BCUT2D eigenvalue weighted by Crippen LogP contribution is 2.23. The Morgan fingerprint density at radius 2 is 2.12 bits per heavy atom. The monoisotopic (exact) mass is 390 g/mol. The molecule has 3 aromatic rings. The molecule has 2 aromatic heterocycles. The normalized spacial score (nSPS) is 11.5. The molecule has 0 bridgehead atoms. The second kappa shape index (κ2) is 7.23. The van der Waals surface area contributed by atoms with Crippen LogP contribution in [-0.2, 0) is 11.3 Å². The van der Waals surface area contributed by atoms with Crippen LogP contribution in [0.1, 0.15) is 20.0 Å². The zero-order valence-corrected chi connectivity index (χ0v) is 15.4. The Hall–Kier alpha value is -2.40. The number of fused-ring (bicyclic) bond motifs is 1. The Morgan fingerprint density at radius 1 is 1.32 bits per heavy atom. The number of nitrogens with zero attached hydrogens (tertiary/aromatic N) is 2. The molecule has 0 aliphatic heterocycles. The molecule has 0 aliphatic carbocycles. The van der Waals surface area contributed by atoms with Crippen molar-refractivity contribution in [2.24, 2.45) is 4.99 Å². The number of thiazole rings is 1. The van der Waals surface area contributed by atoms with E-state index in [2.05, 4.69) is 10.9 Å². The van der Waals surface area contributed by atoms with Crippen LogP contribution in [0.25, 0.3) is 10.2 Å². The lowest BCUT2D eigenvalue weighted by Crippen LogP contribution is -2.16. The Labute approximate surface area is 156 Å². The van der Waals surface area contributed by atoms with Crippen LogP contribution in [-0.4, -0.2) is 23.6 Å². The number of esters is 1. The molecule has 0 aliphatic rings. The molecule has 5 nitrogen and oxygen atoms in total. The second-order valence-electron chi connectivity index (χ2n) is 4.87. The molecule has 0 saturated carbocycles. The number of carbonyl (C=O) groups excluding carboxylic acids is 2. The fraction of sp³-hybridized carbons (Fsp3) is 0.118. The summed E-state index contributed by atoms with van der Waals surface area (Å²) in [5.74, 6) is 1.74. The molecular weight excluding hydrogens is 380 g/mol. The maximum atomic E-state index is 12.3. The molecule has 0 saturated heterocycles. The van der Waals surface area contributed by atoms with Crippen LogP contribution in [0.4, 0.5) is 0 Å². The number of aromatic nitrogens is 1. The van der Waals surface area contributed by atoms with Gasteiger partial charge in [0.25, 0.3) is 5.91 Å². The number of rotatable bonds is 3. The van der Waals surface area contributed by atoms with Gasteiger partial charge in [-0.2, -0.15) is 4.99 Å². The number of methoxy groups -OCH3 is 1. The highest BCUT2D eigenvalue weighted by Gasteiger charge is 2.13. The predicted octanol–water partition coefficient (Wildman–Crippen LogP) is 3.58. The Kier molecular flexibility index (Phi) is 5.04. The third-order valence-electron chi connectivity index (χ3n) is 3.33. The fourth-order valence-corrected chi connectivity index (χ4v) is 4.21. The third-order valence-corrected chi connectivity index (χ3v) is 5.59. The van der Waals surface area contributed by atoms with Crippen LogP contribution in [0.2, 0.25) is 4.34 Å². The summed E-state index contributed by atoms with van der Waals surface area (Å²) in [6, 6.07) is 8.40. The topological polar surface area (TPSA) is 60.7 Å². The van der Waals surface area contributed by atoms with Crippen LogP contribution >= 0.6 is 34.3 Å². The number of amides is 1. The van der Waals surface area contributed by atoms with E-state index in [0.717, 1.165) is 10.2 Å². The average Bonchev–Trinajstić information content (AvgIpc) is 3.18. The quantitative estimate of drug-likeness (QED) is 0.507. The second-order valence-corrected chi connectivity index (χ2v) is 7.59. The molecule has 126 valence electrons. The Bertz CT molecular complexity index is 1090. The van der Waals surface area contributed by atoms with Gasteiger partial charge in [0.2, 0.25) is 0 Å². The van der Waals surface area contributed by atoms with Crippen molar-refractivity contribution < 1.29 is 14.3 Å². The first kappa shape index (κ1) is 17.4. The molecule has 0 spiro atoms. The van der Waals surface area contributed by atoms with E-state index < -0.39 is 5.97 Å². The lowest BCUT2D eigenvalue weighted by Gasteiger charge is -2.01. The minimum atomic E-state index is -0.429. The zero-order valence-electron chi connectivity index (χ0n) is 13.0. The Balaban J connectivity index is 2.14. The highest BCUT2D eigenvalue weighted by atomic mass is 35.5. The summed E-state index contributed by atoms with van der Waals surface area (Å²) in [5.41, 5.74) is 1.22. The standard InChI is InChI=1S/C17H11ClN2O3S2/c1-3-8-20-11-5-4-10(16(22)23-2)9-13(11)25-17(20)19-15(21)12-6-7-14(18)24-12/h1,4-7,9H,8H2,2H3. The van der Waals surface area contributed by atoms with E-state index in [9.17, 15) is 9.59 Å². The number of hydrogen-bond donors (Lipinski definition) is 0. The minimum Gasteiger partial charge on any atom is -0.465 e. The van der Waals surface area contributed by atoms with Crippen molar-refractivity contribution >= 4 is 56.4 Å². The third kappa shape index (κ3) is 3.51. The molecular formula is C17H11ClN2O3S2. The number of thiophene rings is 1. The van der Waals surface area contributed by atoms with E-state index in [1.165, 1.54) is 29.8 Å². The van der Waals surface area contributed by atoms with Gasteiger partial charge in [-0.15, -0.1) is 17.8 Å². The smallest absolute Gasteiger partial charge is 0.337 e. The number of halogens is 1. The van der Waals surface area contributed by atoms with E-state index in [-0.39, 0.29) is 12.5 Å². The van der Waals surface area contributed by atoms with Gasteiger partial charge in [-0.25, -0.2) is 4.79 Å². The van der Waals surface area contributed by atoms with Crippen molar-refractivity contribution in [3.8, 4) is 12.3 Å². The summed E-state index contributed by atoms with van der Waals surface area (Å²) in [5, 5.41) is 0. The predicted molar refractivity (Wildman–Crippen MR) is 99.2 cm³/mol. The van der Waals surface area contributed by atoms with Gasteiger partial charge in [0.15, 0.2) is 4.80 Å². The van der Waals surface area contributed by atoms with Gasteiger partial charge in [-0.3, -0.25) is 4.79 Å². The van der Waals surface area contributed by atoms with E-state index in [1.54, 1.807) is 34.9 Å². The summed E-state index contributed by atoms with van der Waals surface area (Å²) >= 11 is 8.31. The highest BCUT2D eigenvalue weighted by molar-refractivity contribution is 7.18. The largest absolute Gasteiger partial charge is 0.465 e. The zero-order chi connectivity index (χ0) is 18.0. The van der Waals surface area contributed by atoms with E-state index >= 15 is 0 Å². The molecule has 2 heterocycles. The van der Waals surface area contributed by atoms with Gasteiger partial charge < -0.3 is 9.30 Å². The molecule has 1 aromatic carbocycles. The summed E-state index contributed by atoms with van der Waals surface area (Å²) in [6.07, 6.45) is 5.44. The summed E-state index contributed by atoms with van der Waals surface area (Å²) < 4.78 is 7.80. The lowest BCUT2D eigenvalue weighted by atomic mass is 10.2. The molecule has 0 atom stereocenters. The molecule has 0 unspecified atom stereocenters.